The molecule has 1 saturated heterocycles. The summed E-state index contributed by atoms with van der Waals surface area (Å²) in [7, 11) is -3.47. The lowest BCUT2D eigenvalue weighted by Crippen LogP contribution is -2.58. The van der Waals surface area contributed by atoms with Crippen LogP contribution in [0.3, 0.4) is 0 Å². The van der Waals surface area contributed by atoms with Gasteiger partial charge in [0.05, 0.1) is 11.2 Å². The summed E-state index contributed by atoms with van der Waals surface area (Å²) >= 11 is 4.53. The molecule has 19 heavy (non-hydrogen) atoms. The highest BCUT2D eigenvalue weighted by atomic mass is 79.9. The van der Waals surface area contributed by atoms with Crippen LogP contribution in [0.25, 0.3) is 0 Å². The fraction of sp³-hybridized carbons (Fsp3) is 0.667. The largest absolute Gasteiger partial charge is 0.367 e. The van der Waals surface area contributed by atoms with Gasteiger partial charge < -0.3 is 4.74 Å². The lowest BCUT2D eigenvalue weighted by atomic mass is 10.0. The number of sulfonamides is 1. The van der Waals surface area contributed by atoms with Crippen LogP contribution in [0, 0.1) is 0 Å². The maximum absolute atomic E-state index is 12.7. The molecular formula is C12H18BrNO3S2. The predicted octanol–water partition coefficient (Wildman–Crippen LogP) is 3.09. The highest BCUT2D eigenvalue weighted by Crippen LogP contribution is 2.35. The summed E-state index contributed by atoms with van der Waals surface area (Å²) in [5.74, 6) is 0. The molecule has 1 aromatic heterocycles. The van der Waals surface area contributed by atoms with Crippen LogP contribution in [0.1, 0.15) is 27.7 Å². The second-order valence-corrected chi connectivity index (χ2v) is 9.85. The first kappa shape index (κ1) is 15.4. The molecule has 4 nitrogen and oxygen atoms in total. The molecule has 7 heteroatoms. The molecule has 108 valence electrons. The van der Waals surface area contributed by atoms with E-state index in [1.165, 1.54) is 15.6 Å². The number of ether oxygens (including phenoxy) is 1. The van der Waals surface area contributed by atoms with Crippen LogP contribution in [-0.4, -0.2) is 37.0 Å². The molecule has 0 spiro atoms. The molecule has 0 saturated carbocycles. The lowest BCUT2D eigenvalue weighted by molar-refractivity contribution is -0.163. The molecule has 0 aliphatic carbocycles. The Hall–Kier alpha value is 0.0500. The van der Waals surface area contributed by atoms with Gasteiger partial charge in [0.15, 0.2) is 0 Å². The average Bonchev–Trinajstić information content (AvgIpc) is 2.60. The van der Waals surface area contributed by atoms with Crippen LogP contribution in [0.5, 0.6) is 0 Å². The van der Waals surface area contributed by atoms with E-state index in [2.05, 4.69) is 15.9 Å². The normalized spacial score (nSPS) is 23.4. The number of hydrogen-bond acceptors (Lipinski definition) is 4. The molecule has 0 N–H and O–H groups in total. The van der Waals surface area contributed by atoms with Gasteiger partial charge in [0.1, 0.15) is 4.21 Å². The highest BCUT2D eigenvalue weighted by Gasteiger charge is 2.43. The summed E-state index contributed by atoms with van der Waals surface area (Å²) < 4.78 is 33.8. The number of morpholine rings is 1. The van der Waals surface area contributed by atoms with Crippen LogP contribution in [0.4, 0.5) is 0 Å². The van der Waals surface area contributed by atoms with E-state index in [1.807, 2.05) is 27.7 Å². The molecule has 0 atom stereocenters. The topological polar surface area (TPSA) is 46.6 Å². The van der Waals surface area contributed by atoms with E-state index < -0.39 is 21.2 Å². The molecule has 1 aliphatic rings. The fourth-order valence-electron chi connectivity index (χ4n) is 2.47. The average molecular weight is 368 g/mol. The first-order valence-corrected chi connectivity index (χ1v) is 9.08. The summed E-state index contributed by atoms with van der Waals surface area (Å²) in [6.45, 7) is 8.39. The highest BCUT2D eigenvalue weighted by molar-refractivity contribution is 9.10. The van der Waals surface area contributed by atoms with Crippen molar-refractivity contribution in [2.75, 3.05) is 13.1 Å². The molecule has 1 fully saturated rings. The van der Waals surface area contributed by atoms with Crippen molar-refractivity contribution in [3.8, 4) is 0 Å². The van der Waals surface area contributed by atoms with Crippen LogP contribution < -0.4 is 0 Å². The van der Waals surface area contributed by atoms with Gasteiger partial charge in [-0.05, 0) is 55.1 Å². The van der Waals surface area contributed by atoms with Gasteiger partial charge in [-0.25, -0.2) is 8.42 Å². The van der Waals surface area contributed by atoms with E-state index in [0.717, 1.165) is 0 Å². The Bertz CT molecular complexity index is 562. The van der Waals surface area contributed by atoms with Gasteiger partial charge in [0.25, 0.3) is 10.0 Å². The van der Waals surface area contributed by atoms with E-state index in [4.69, 9.17) is 4.74 Å². The summed E-state index contributed by atoms with van der Waals surface area (Å²) in [6, 6.07) is 1.76. The Labute approximate surface area is 126 Å². The zero-order valence-corrected chi connectivity index (χ0v) is 14.7. The fourth-order valence-corrected chi connectivity index (χ4v) is 6.66. The minimum atomic E-state index is -3.47. The molecular weight excluding hydrogens is 350 g/mol. The summed E-state index contributed by atoms with van der Waals surface area (Å²) in [6.07, 6.45) is 0. The van der Waals surface area contributed by atoms with Gasteiger partial charge in [-0.1, -0.05) is 0 Å². The molecule has 2 heterocycles. The lowest BCUT2D eigenvalue weighted by Gasteiger charge is -2.46. The zero-order chi connectivity index (χ0) is 14.5. The van der Waals surface area contributed by atoms with E-state index >= 15 is 0 Å². The Kier molecular flexibility index (Phi) is 3.90. The Morgan fingerprint density at radius 3 is 2.21 bits per heavy atom. The van der Waals surface area contributed by atoms with E-state index in [-0.39, 0.29) is 0 Å². The van der Waals surface area contributed by atoms with Crippen molar-refractivity contribution in [3.63, 3.8) is 0 Å². The van der Waals surface area contributed by atoms with E-state index in [0.29, 0.717) is 21.8 Å². The monoisotopic (exact) mass is 367 g/mol. The second-order valence-electron chi connectivity index (χ2n) is 5.95. The molecule has 1 aliphatic heterocycles. The molecule has 0 bridgehead atoms. The van der Waals surface area contributed by atoms with Gasteiger partial charge in [-0.2, -0.15) is 4.31 Å². The predicted molar refractivity (Wildman–Crippen MR) is 80.0 cm³/mol. The van der Waals surface area contributed by atoms with Gasteiger partial charge >= 0.3 is 0 Å². The number of nitrogens with zero attached hydrogens (tertiary/aromatic N) is 1. The van der Waals surface area contributed by atoms with E-state index in [9.17, 15) is 8.42 Å². The SMILES string of the molecule is CC1(C)CN(S(=O)(=O)c2sccc2Br)CC(C)(C)O1. The first-order valence-electron chi connectivity index (χ1n) is 5.97. The van der Waals surface area contributed by atoms with Crippen molar-refractivity contribution in [3.05, 3.63) is 15.9 Å². The van der Waals surface area contributed by atoms with Crippen molar-refractivity contribution in [1.82, 2.24) is 4.31 Å². The first-order chi connectivity index (χ1) is 8.54. The minimum absolute atomic E-state index is 0.362. The van der Waals surface area contributed by atoms with Crippen molar-refractivity contribution >= 4 is 37.3 Å². The Morgan fingerprint density at radius 2 is 1.79 bits per heavy atom. The van der Waals surface area contributed by atoms with Crippen molar-refractivity contribution < 1.29 is 13.2 Å². The third-order valence-corrected chi connectivity index (χ3v) is 7.26. The van der Waals surface area contributed by atoms with Gasteiger partial charge in [-0.3, -0.25) is 0 Å². The van der Waals surface area contributed by atoms with Crippen molar-refractivity contribution in [1.29, 1.82) is 0 Å². The summed E-state index contributed by atoms with van der Waals surface area (Å²) in [4.78, 5) is 0. The molecule has 0 amide bonds. The second kappa shape index (κ2) is 4.80. The number of rotatable bonds is 2. The van der Waals surface area contributed by atoms with Gasteiger partial charge in [-0.15, -0.1) is 11.3 Å². The minimum Gasteiger partial charge on any atom is -0.367 e. The maximum Gasteiger partial charge on any atom is 0.253 e. The standard InChI is InChI=1S/C12H18BrNO3S2/c1-11(2)7-14(8-12(3,4)17-11)19(15,16)10-9(13)5-6-18-10/h5-6H,7-8H2,1-4H3. The van der Waals surface area contributed by atoms with E-state index in [1.54, 1.807) is 11.4 Å². The zero-order valence-electron chi connectivity index (χ0n) is 11.4. The summed E-state index contributed by atoms with van der Waals surface area (Å²) in [5, 5.41) is 1.77. The van der Waals surface area contributed by atoms with Crippen LogP contribution in [-0.2, 0) is 14.8 Å². The third-order valence-electron chi connectivity index (χ3n) is 2.83. The molecule has 1 aromatic rings. The molecule has 2 rings (SSSR count). The van der Waals surface area contributed by atoms with Crippen LogP contribution >= 0.6 is 27.3 Å². The quantitative estimate of drug-likeness (QED) is 0.806. The third kappa shape index (κ3) is 3.21. The number of hydrogen-bond donors (Lipinski definition) is 0. The van der Waals surface area contributed by atoms with Gasteiger partial charge in [0.2, 0.25) is 0 Å². The molecule has 0 aromatic carbocycles. The van der Waals surface area contributed by atoms with Crippen molar-refractivity contribution in [2.24, 2.45) is 0 Å². The summed E-state index contributed by atoms with van der Waals surface area (Å²) in [5.41, 5.74) is -0.975. The molecule has 0 radical (unpaired) electrons. The number of thiophene rings is 1. The maximum atomic E-state index is 12.7. The molecule has 0 unspecified atom stereocenters. The van der Waals surface area contributed by atoms with Crippen LogP contribution in [0.2, 0.25) is 0 Å². The van der Waals surface area contributed by atoms with Crippen LogP contribution in [0.15, 0.2) is 20.1 Å². The number of halogens is 1. The van der Waals surface area contributed by atoms with Gasteiger partial charge in [0, 0.05) is 17.6 Å². The van der Waals surface area contributed by atoms with Crippen molar-refractivity contribution in [2.45, 2.75) is 43.1 Å². The smallest absolute Gasteiger partial charge is 0.253 e. The Balaban J connectivity index is 2.39. The Morgan fingerprint density at radius 1 is 1.26 bits per heavy atom.